The Kier molecular flexibility index (Phi) is 7.02. The molecule has 0 radical (unpaired) electrons. The molecular weight excluding hydrogens is 416 g/mol. The number of hydrogen-bond acceptors (Lipinski definition) is 5. The van der Waals surface area contributed by atoms with E-state index in [2.05, 4.69) is 5.32 Å². The molecule has 1 N–H and O–H groups in total. The van der Waals surface area contributed by atoms with Crippen LogP contribution in [0, 0.1) is 0 Å². The number of anilines is 1. The number of carbonyl (C=O) groups is 2. The molecule has 1 saturated heterocycles. The molecule has 0 aliphatic carbocycles. The van der Waals surface area contributed by atoms with E-state index in [4.69, 9.17) is 16.3 Å². The summed E-state index contributed by atoms with van der Waals surface area (Å²) in [4.78, 5) is 24.4. The molecule has 0 unspecified atom stereocenters. The second-order valence-corrected chi connectivity index (χ2v) is 8.84. The summed E-state index contributed by atoms with van der Waals surface area (Å²) >= 11 is 6.12. The molecule has 1 aliphatic rings. The lowest BCUT2D eigenvalue weighted by Gasteiger charge is -2.26. The Bertz CT molecular complexity index is 989. The van der Waals surface area contributed by atoms with Crippen LogP contribution in [0.1, 0.15) is 23.2 Å². The summed E-state index contributed by atoms with van der Waals surface area (Å²) in [6.07, 6.45) is 0.00370. The quantitative estimate of drug-likeness (QED) is 0.673. The highest BCUT2D eigenvalue weighted by Gasteiger charge is 2.27. The fourth-order valence-corrected chi connectivity index (χ4v) is 4.50. The second kappa shape index (κ2) is 9.49. The number of ketones is 1. The number of nitrogens with zero attached hydrogens (tertiary/aromatic N) is 1. The number of halogens is 1. The van der Waals surface area contributed by atoms with Crippen molar-refractivity contribution in [1.29, 1.82) is 0 Å². The largest absolute Gasteiger partial charge is 0.379 e. The normalized spacial score (nSPS) is 15.1. The van der Waals surface area contributed by atoms with Crippen LogP contribution in [-0.4, -0.2) is 50.7 Å². The van der Waals surface area contributed by atoms with Gasteiger partial charge in [-0.3, -0.25) is 9.59 Å². The van der Waals surface area contributed by atoms with E-state index in [1.165, 1.54) is 22.5 Å². The van der Waals surface area contributed by atoms with Gasteiger partial charge in [-0.25, -0.2) is 8.42 Å². The molecule has 0 atom stereocenters. The van der Waals surface area contributed by atoms with Gasteiger partial charge in [-0.1, -0.05) is 41.9 Å². The van der Waals surface area contributed by atoms with E-state index in [0.717, 1.165) is 0 Å². The first kappa shape index (κ1) is 21.4. The zero-order valence-electron chi connectivity index (χ0n) is 15.6. The predicted octanol–water partition coefficient (Wildman–Crippen LogP) is 2.96. The minimum Gasteiger partial charge on any atom is -0.379 e. The third-order valence-electron chi connectivity index (χ3n) is 4.49. The summed E-state index contributed by atoms with van der Waals surface area (Å²) in [5.74, 6) is -0.562. The van der Waals surface area contributed by atoms with Crippen molar-refractivity contribution >= 4 is 39.0 Å². The number of benzene rings is 2. The van der Waals surface area contributed by atoms with Crippen molar-refractivity contribution in [1.82, 2.24) is 4.31 Å². The number of hydrogen-bond donors (Lipinski definition) is 1. The van der Waals surface area contributed by atoms with Crippen molar-refractivity contribution in [3.63, 3.8) is 0 Å². The van der Waals surface area contributed by atoms with E-state index >= 15 is 0 Å². The monoisotopic (exact) mass is 436 g/mol. The number of Topliss-reactive ketones (excluding diaryl/α,β-unsaturated/α-hetero) is 1. The lowest BCUT2D eigenvalue weighted by atomic mass is 10.1. The van der Waals surface area contributed by atoms with Crippen LogP contribution in [0.15, 0.2) is 53.4 Å². The highest BCUT2D eigenvalue weighted by Crippen LogP contribution is 2.27. The van der Waals surface area contributed by atoms with Crippen molar-refractivity contribution in [2.45, 2.75) is 17.7 Å². The summed E-state index contributed by atoms with van der Waals surface area (Å²) in [7, 11) is -3.71. The van der Waals surface area contributed by atoms with E-state index in [1.807, 2.05) is 6.07 Å². The first-order valence-electron chi connectivity index (χ1n) is 9.13. The molecule has 3 rings (SSSR count). The molecule has 2 aromatic carbocycles. The minimum absolute atomic E-state index is 0.0372. The Morgan fingerprint density at radius 1 is 1.03 bits per heavy atom. The molecule has 1 heterocycles. The number of carbonyl (C=O) groups excluding carboxylic acids is 2. The van der Waals surface area contributed by atoms with Crippen LogP contribution in [0.2, 0.25) is 5.02 Å². The SMILES string of the molecule is O=C(CCC(=O)c1ccccc1)Nc1cc(S(=O)(=O)N2CCOCC2)ccc1Cl. The molecule has 154 valence electrons. The van der Waals surface area contributed by atoms with Crippen molar-refractivity contribution in [3.05, 3.63) is 59.1 Å². The second-order valence-electron chi connectivity index (χ2n) is 6.50. The van der Waals surface area contributed by atoms with E-state index in [9.17, 15) is 18.0 Å². The van der Waals surface area contributed by atoms with Gasteiger partial charge in [0.05, 0.1) is 28.8 Å². The maximum absolute atomic E-state index is 12.8. The van der Waals surface area contributed by atoms with Gasteiger partial charge in [0.2, 0.25) is 15.9 Å². The van der Waals surface area contributed by atoms with Gasteiger partial charge in [-0.15, -0.1) is 0 Å². The molecule has 0 aromatic heterocycles. The van der Waals surface area contributed by atoms with Crippen molar-refractivity contribution in [3.8, 4) is 0 Å². The Morgan fingerprint density at radius 2 is 1.72 bits per heavy atom. The van der Waals surface area contributed by atoms with Gasteiger partial charge in [-0.05, 0) is 18.2 Å². The van der Waals surface area contributed by atoms with Gasteiger partial charge >= 0.3 is 0 Å². The van der Waals surface area contributed by atoms with Crippen LogP contribution >= 0.6 is 11.6 Å². The van der Waals surface area contributed by atoms with Crippen LogP contribution in [-0.2, 0) is 19.6 Å². The highest BCUT2D eigenvalue weighted by molar-refractivity contribution is 7.89. The number of amides is 1. The topological polar surface area (TPSA) is 92.8 Å². The summed E-state index contributed by atoms with van der Waals surface area (Å²) in [6, 6.07) is 12.9. The van der Waals surface area contributed by atoms with Crippen LogP contribution in [0.25, 0.3) is 0 Å². The summed E-state index contributed by atoms with van der Waals surface area (Å²) in [5.41, 5.74) is 0.732. The first-order valence-corrected chi connectivity index (χ1v) is 11.0. The average molecular weight is 437 g/mol. The Morgan fingerprint density at radius 3 is 2.41 bits per heavy atom. The molecule has 0 saturated carbocycles. The van der Waals surface area contributed by atoms with Crippen molar-refractivity contribution in [2.75, 3.05) is 31.6 Å². The van der Waals surface area contributed by atoms with Gasteiger partial charge in [-0.2, -0.15) is 4.31 Å². The number of sulfonamides is 1. The number of nitrogens with one attached hydrogen (secondary N) is 1. The summed E-state index contributed by atoms with van der Waals surface area (Å²) in [5, 5.41) is 2.82. The Balaban J connectivity index is 1.66. The van der Waals surface area contributed by atoms with Crippen LogP contribution in [0.4, 0.5) is 5.69 Å². The molecule has 1 fully saturated rings. The van der Waals surface area contributed by atoms with Gasteiger partial charge in [0.1, 0.15) is 0 Å². The lowest BCUT2D eigenvalue weighted by molar-refractivity contribution is -0.116. The van der Waals surface area contributed by atoms with Crippen LogP contribution < -0.4 is 5.32 Å². The van der Waals surface area contributed by atoms with Crippen molar-refractivity contribution in [2.24, 2.45) is 0 Å². The van der Waals surface area contributed by atoms with Gasteiger partial charge in [0, 0.05) is 31.5 Å². The predicted molar refractivity (Wildman–Crippen MR) is 110 cm³/mol. The number of morpholine rings is 1. The lowest BCUT2D eigenvalue weighted by Crippen LogP contribution is -2.40. The molecule has 0 bridgehead atoms. The summed E-state index contributed by atoms with van der Waals surface area (Å²) in [6.45, 7) is 1.22. The van der Waals surface area contributed by atoms with Gasteiger partial charge < -0.3 is 10.1 Å². The molecule has 1 amide bonds. The fourth-order valence-electron chi connectivity index (χ4n) is 2.90. The molecule has 7 nitrogen and oxygen atoms in total. The van der Waals surface area contributed by atoms with Gasteiger partial charge in [0.25, 0.3) is 0 Å². The van der Waals surface area contributed by atoms with E-state index < -0.39 is 15.9 Å². The zero-order chi connectivity index (χ0) is 20.9. The van der Waals surface area contributed by atoms with Crippen LogP contribution in [0.5, 0.6) is 0 Å². The molecule has 2 aromatic rings. The molecular formula is C20H21ClN2O5S. The third-order valence-corrected chi connectivity index (χ3v) is 6.72. The molecule has 0 spiro atoms. The van der Waals surface area contributed by atoms with Gasteiger partial charge in [0.15, 0.2) is 5.78 Å². The average Bonchev–Trinajstić information content (AvgIpc) is 2.74. The molecule has 9 heteroatoms. The summed E-state index contributed by atoms with van der Waals surface area (Å²) < 4.78 is 32.1. The van der Waals surface area contributed by atoms with Crippen LogP contribution in [0.3, 0.4) is 0 Å². The number of rotatable bonds is 7. The van der Waals surface area contributed by atoms with E-state index in [1.54, 1.807) is 24.3 Å². The zero-order valence-corrected chi connectivity index (χ0v) is 17.2. The smallest absolute Gasteiger partial charge is 0.243 e. The standard InChI is InChI=1S/C20H21ClN2O5S/c21-17-7-6-16(29(26,27)23-10-12-28-13-11-23)14-18(17)22-20(25)9-8-19(24)15-4-2-1-3-5-15/h1-7,14H,8-13H2,(H,22,25). The van der Waals surface area contributed by atoms with Crippen molar-refractivity contribution < 1.29 is 22.7 Å². The maximum atomic E-state index is 12.8. The Labute approximate surface area is 174 Å². The molecule has 1 aliphatic heterocycles. The maximum Gasteiger partial charge on any atom is 0.243 e. The third kappa shape index (κ3) is 5.42. The minimum atomic E-state index is -3.71. The fraction of sp³-hybridized carbons (Fsp3) is 0.300. The Hall–Kier alpha value is -2.26. The van der Waals surface area contributed by atoms with E-state index in [-0.39, 0.29) is 47.3 Å². The highest BCUT2D eigenvalue weighted by atomic mass is 35.5. The number of ether oxygens (including phenoxy) is 1. The van der Waals surface area contributed by atoms with E-state index in [0.29, 0.717) is 18.8 Å². The molecule has 29 heavy (non-hydrogen) atoms. The first-order chi connectivity index (χ1) is 13.9.